The molecule has 8 nitrogen and oxygen atoms in total. The van der Waals surface area contributed by atoms with Crippen molar-refractivity contribution in [3.8, 4) is 0 Å². The summed E-state index contributed by atoms with van der Waals surface area (Å²) in [4.78, 5) is 41.0. The van der Waals surface area contributed by atoms with Crippen LogP contribution in [0.3, 0.4) is 0 Å². The Kier molecular flexibility index (Phi) is 6.84. The van der Waals surface area contributed by atoms with Gasteiger partial charge in [-0.1, -0.05) is 6.07 Å². The number of amides is 4. The summed E-state index contributed by atoms with van der Waals surface area (Å²) < 4.78 is 0. The number of nitrogens with zero attached hydrogens (tertiary/aromatic N) is 2. The van der Waals surface area contributed by atoms with Crippen LogP contribution in [0.1, 0.15) is 26.5 Å². The zero-order valence-electron chi connectivity index (χ0n) is 14.8. The summed E-state index contributed by atoms with van der Waals surface area (Å²) >= 11 is 0. The molecule has 0 aliphatic rings. The lowest BCUT2D eigenvalue weighted by Crippen LogP contribution is -2.50. The maximum atomic E-state index is 11.9. The van der Waals surface area contributed by atoms with Gasteiger partial charge in [0.1, 0.15) is 5.82 Å². The van der Waals surface area contributed by atoms with Crippen LogP contribution in [0, 0.1) is 6.92 Å². The van der Waals surface area contributed by atoms with E-state index in [0.29, 0.717) is 5.82 Å². The van der Waals surface area contributed by atoms with Crippen molar-refractivity contribution in [2.24, 2.45) is 0 Å². The topological polar surface area (TPSA) is 103 Å². The van der Waals surface area contributed by atoms with Crippen LogP contribution >= 0.6 is 0 Å². The summed E-state index contributed by atoms with van der Waals surface area (Å²) in [6.07, 6.45) is 0. The number of hydrogen-bond donors (Lipinski definition) is 3. The number of likely N-dealkylation sites (N-methyl/N-ethyl adjacent to an activating group) is 1. The van der Waals surface area contributed by atoms with E-state index in [-0.39, 0.29) is 19.0 Å². The molecule has 1 heterocycles. The Hall–Kier alpha value is -2.48. The second-order valence-electron chi connectivity index (χ2n) is 6.64. The fraction of sp³-hybridized carbons (Fsp3) is 0.500. The molecule has 8 heteroatoms. The quantitative estimate of drug-likeness (QED) is 0.741. The minimum atomic E-state index is -0.561. The minimum Gasteiger partial charge on any atom is -0.333 e. The Morgan fingerprint density at radius 2 is 1.75 bits per heavy atom. The molecule has 1 aromatic heterocycles. The van der Waals surface area contributed by atoms with Gasteiger partial charge in [-0.15, -0.1) is 0 Å². The smallest absolute Gasteiger partial charge is 0.321 e. The van der Waals surface area contributed by atoms with E-state index in [2.05, 4.69) is 20.9 Å². The Balaban J connectivity index is 2.39. The van der Waals surface area contributed by atoms with E-state index in [0.717, 1.165) is 5.69 Å². The Morgan fingerprint density at radius 3 is 2.33 bits per heavy atom. The molecule has 1 aromatic rings. The predicted octanol–water partition coefficient (Wildman–Crippen LogP) is 0.885. The first-order valence-electron chi connectivity index (χ1n) is 7.59. The normalized spacial score (nSPS) is 11.1. The van der Waals surface area contributed by atoms with Gasteiger partial charge >= 0.3 is 6.03 Å². The molecular weight excluding hydrogens is 310 g/mol. The minimum absolute atomic E-state index is 0.00390. The molecule has 4 amide bonds. The number of imide groups is 1. The Bertz CT molecular complexity index is 610. The summed E-state index contributed by atoms with van der Waals surface area (Å²) in [6.45, 7) is 7.19. The first-order chi connectivity index (χ1) is 11.0. The highest BCUT2D eigenvalue weighted by atomic mass is 16.2. The standard InChI is InChI=1S/C16H25N5O3/c1-11-7-6-8-12(17-11)18-13(22)9-21(5)10-14(23)19-15(24)20-16(2,3)4/h6-8H,9-10H2,1-5H3,(H,17,18,22)(H2,19,20,23,24). The third kappa shape index (κ3) is 8.23. The maximum Gasteiger partial charge on any atom is 0.321 e. The van der Waals surface area contributed by atoms with Crippen molar-refractivity contribution in [3.63, 3.8) is 0 Å². The third-order valence-electron chi connectivity index (χ3n) is 2.72. The first-order valence-corrected chi connectivity index (χ1v) is 7.59. The van der Waals surface area contributed by atoms with E-state index >= 15 is 0 Å². The van der Waals surface area contributed by atoms with Crippen molar-refractivity contribution >= 4 is 23.7 Å². The van der Waals surface area contributed by atoms with Gasteiger partial charge in [-0.3, -0.25) is 19.8 Å². The van der Waals surface area contributed by atoms with Crippen LogP contribution in [-0.4, -0.2) is 53.4 Å². The summed E-state index contributed by atoms with van der Waals surface area (Å²) in [5.74, 6) is -0.314. The number of anilines is 1. The highest BCUT2D eigenvalue weighted by Gasteiger charge is 2.17. The second kappa shape index (κ2) is 8.39. The second-order valence-corrected chi connectivity index (χ2v) is 6.64. The number of carbonyl (C=O) groups is 3. The molecule has 0 bridgehead atoms. The SMILES string of the molecule is Cc1cccc(NC(=O)CN(C)CC(=O)NC(=O)NC(C)(C)C)n1. The molecule has 0 radical (unpaired) electrons. The third-order valence-corrected chi connectivity index (χ3v) is 2.72. The summed E-state index contributed by atoms with van der Waals surface area (Å²) in [5, 5.41) is 7.50. The molecule has 0 saturated carbocycles. The van der Waals surface area contributed by atoms with Gasteiger partial charge < -0.3 is 10.6 Å². The molecule has 0 fully saturated rings. The van der Waals surface area contributed by atoms with E-state index < -0.39 is 17.5 Å². The van der Waals surface area contributed by atoms with Crippen molar-refractivity contribution in [3.05, 3.63) is 23.9 Å². The van der Waals surface area contributed by atoms with Crippen LogP contribution in [-0.2, 0) is 9.59 Å². The molecular formula is C16H25N5O3. The van der Waals surface area contributed by atoms with Gasteiger partial charge in [0.05, 0.1) is 13.1 Å². The zero-order chi connectivity index (χ0) is 18.3. The number of carbonyl (C=O) groups excluding carboxylic acids is 3. The highest BCUT2D eigenvalue weighted by molar-refractivity contribution is 5.96. The Morgan fingerprint density at radius 1 is 1.12 bits per heavy atom. The molecule has 1 rings (SSSR count). The van der Waals surface area contributed by atoms with Crippen LogP contribution in [0.5, 0.6) is 0 Å². The number of pyridine rings is 1. The van der Waals surface area contributed by atoms with Crippen molar-refractivity contribution in [2.45, 2.75) is 33.2 Å². The number of aromatic nitrogens is 1. The molecule has 0 unspecified atom stereocenters. The number of urea groups is 1. The summed E-state index contributed by atoms with van der Waals surface area (Å²) in [7, 11) is 1.62. The molecule has 0 aliphatic heterocycles. The van der Waals surface area contributed by atoms with E-state index in [1.54, 1.807) is 19.2 Å². The van der Waals surface area contributed by atoms with Gasteiger partial charge in [0.2, 0.25) is 11.8 Å². The van der Waals surface area contributed by atoms with Gasteiger partial charge in [-0.25, -0.2) is 9.78 Å². The van der Waals surface area contributed by atoms with Crippen LogP contribution in [0.25, 0.3) is 0 Å². The number of rotatable bonds is 5. The van der Waals surface area contributed by atoms with E-state index in [1.165, 1.54) is 4.90 Å². The summed E-state index contributed by atoms with van der Waals surface area (Å²) in [6, 6.07) is 4.75. The maximum absolute atomic E-state index is 11.9. The number of nitrogens with one attached hydrogen (secondary N) is 3. The number of hydrogen-bond acceptors (Lipinski definition) is 5. The lowest BCUT2D eigenvalue weighted by molar-refractivity contribution is -0.122. The highest BCUT2D eigenvalue weighted by Crippen LogP contribution is 2.03. The molecule has 0 saturated heterocycles. The van der Waals surface area contributed by atoms with Crippen molar-refractivity contribution in [2.75, 3.05) is 25.5 Å². The fourth-order valence-corrected chi connectivity index (χ4v) is 1.88. The molecule has 24 heavy (non-hydrogen) atoms. The molecule has 0 spiro atoms. The van der Waals surface area contributed by atoms with Crippen molar-refractivity contribution < 1.29 is 14.4 Å². The van der Waals surface area contributed by atoms with Crippen molar-refractivity contribution in [1.82, 2.24) is 20.5 Å². The van der Waals surface area contributed by atoms with Gasteiger partial charge in [0.15, 0.2) is 0 Å². The van der Waals surface area contributed by atoms with E-state index in [9.17, 15) is 14.4 Å². The van der Waals surface area contributed by atoms with E-state index in [1.807, 2.05) is 33.8 Å². The van der Waals surface area contributed by atoms with Crippen LogP contribution in [0.15, 0.2) is 18.2 Å². The average Bonchev–Trinajstić information content (AvgIpc) is 2.34. The van der Waals surface area contributed by atoms with E-state index in [4.69, 9.17) is 0 Å². The lowest BCUT2D eigenvalue weighted by Gasteiger charge is -2.21. The van der Waals surface area contributed by atoms with Gasteiger partial charge in [-0.2, -0.15) is 0 Å². The monoisotopic (exact) mass is 335 g/mol. The van der Waals surface area contributed by atoms with Crippen LogP contribution in [0.4, 0.5) is 10.6 Å². The summed E-state index contributed by atoms with van der Waals surface area (Å²) in [5.41, 5.74) is 0.363. The zero-order valence-corrected chi connectivity index (χ0v) is 14.8. The van der Waals surface area contributed by atoms with Crippen LogP contribution < -0.4 is 16.0 Å². The Labute approximate surface area is 142 Å². The fourth-order valence-electron chi connectivity index (χ4n) is 1.88. The number of aryl methyl sites for hydroxylation is 1. The molecule has 0 aromatic carbocycles. The van der Waals surface area contributed by atoms with Crippen LogP contribution in [0.2, 0.25) is 0 Å². The van der Waals surface area contributed by atoms with Crippen molar-refractivity contribution in [1.29, 1.82) is 0 Å². The molecule has 132 valence electrons. The lowest BCUT2D eigenvalue weighted by atomic mass is 10.1. The molecule has 3 N–H and O–H groups in total. The average molecular weight is 335 g/mol. The molecule has 0 aliphatic carbocycles. The predicted molar refractivity (Wildman–Crippen MR) is 91.5 cm³/mol. The van der Waals surface area contributed by atoms with Gasteiger partial charge in [0, 0.05) is 11.2 Å². The first kappa shape index (κ1) is 19.6. The van der Waals surface area contributed by atoms with Gasteiger partial charge in [0.25, 0.3) is 0 Å². The van der Waals surface area contributed by atoms with Gasteiger partial charge in [-0.05, 0) is 46.9 Å². The largest absolute Gasteiger partial charge is 0.333 e. The molecule has 0 atom stereocenters.